The topological polar surface area (TPSA) is 160 Å². The number of Topliss-reactive ketones (excluding diaryl/α,β-unsaturated/α-hetero) is 1. The molecule has 0 aliphatic heterocycles. The predicted molar refractivity (Wildman–Crippen MR) is 185 cm³/mol. The van der Waals surface area contributed by atoms with Crippen molar-refractivity contribution in [2.75, 3.05) is 20.8 Å². The Bertz CT molecular complexity index is 2140. The molecule has 0 aromatic heterocycles. The monoisotopic (exact) mass is 686 g/mol. The first-order chi connectivity index (χ1) is 24.6. The first-order valence-electron chi connectivity index (χ1n) is 16.3. The largest absolute Gasteiger partial charge is 0.507 e. The van der Waals surface area contributed by atoms with Gasteiger partial charge in [0.1, 0.15) is 40.8 Å². The summed E-state index contributed by atoms with van der Waals surface area (Å²) in [6.45, 7) is -0.642. The van der Waals surface area contributed by atoms with Crippen molar-refractivity contribution in [3.8, 4) is 23.0 Å². The van der Waals surface area contributed by atoms with Gasteiger partial charge in [-0.3, -0.25) is 14.4 Å². The predicted octanol–water partition coefficient (Wildman–Crippen LogP) is 5.18. The highest BCUT2D eigenvalue weighted by Crippen LogP contribution is 2.51. The number of aliphatic hydroxyl groups excluding tert-OH is 1. The molecule has 0 spiro atoms. The molecule has 0 unspecified atom stereocenters. The van der Waals surface area contributed by atoms with Crippen LogP contribution in [0.2, 0.25) is 0 Å². The van der Waals surface area contributed by atoms with Crippen molar-refractivity contribution in [1.82, 2.24) is 0 Å². The van der Waals surface area contributed by atoms with Crippen molar-refractivity contribution in [3.05, 3.63) is 153 Å². The van der Waals surface area contributed by atoms with E-state index in [1.165, 1.54) is 25.3 Å². The minimum Gasteiger partial charge on any atom is -0.507 e. The van der Waals surface area contributed by atoms with Crippen LogP contribution in [0, 0.1) is 0 Å². The van der Waals surface area contributed by atoms with Crippen molar-refractivity contribution >= 4 is 17.3 Å². The van der Waals surface area contributed by atoms with E-state index in [-0.39, 0.29) is 28.0 Å². The van der Waals surface area contributed by atoms with Crippen LogP contribution in [0.3, 0.4) is 0 Å². The maximum atomic E-state index is 14.2. The van der Waals surface area contributed by atoms with Gasteiger partial charge in [-0.05, 0) is 34.9 Å². The number of phenols is 2. The summed E-state index contributed by atoms with van der Waals surface area (Å²) in [5.74, 6) is -3.06. The number of methoxy groups -OCH3 is 2. The number of aliphatic hydroxyl groups is 2. The number of fused-ring (bicyclic) bond motifs is 3. The summed E-state index contributed by atoms with van der Waals surface area (Å²) in [5, 5.41) is 46.2. The molecular formula is C41H34O10. The molecule has 2 aliphatic carbocycles. The van der Waals surface area contributed by atoms with Gasteiger partial charge in [-0.25, -0.2) is 0 Å². The van der Waals surface area contributed by atoms with Crippen LogP contribution < -0.4 is 9.47 Å². The Morgan fingerprint density at radius 2 is 1.33 bits per heavy atom. The first-order valence-corrected chi connectivity index (χ1v) is 16.3. The molecule has 10 nitrogen and oxygen atoms in total. The molecule has 258 valence electrons. The molecule has 5 aromatic carbocycles. The Morgan fingerprint density at radius 3 is 1.92 bits per heavy atom. The second kappa shape index (κ2) is 12.8. The third kappa shape index (κ3) is 5.27. The van der Waals surface area contributed by atoms with Crippen LogP contribution in [0.1, 0.15) is 72.2 Å². The van der Waals surface area contributed by atoms with Crippen molar-refractivity contribution in [3.63, 3.8) is 0 Å². The normalized spacial score (nSPS) is 18.0. The lowest BCUT2D eigenvalue weighted by Gasteiger charge is -2.39. The van der Waals surface area contributed by atoms with E-state index >= 15 is 0 Å². The molecule has 0 radical (unpaired) electrons. The van der Waals surface area contributed by atoms with E-state index in [2.05, 4.69) is 0 Å². The number of hydrogen-bond acceptors (Lipinski definition) is 10. The lowest BCUT2D eigenvalue weighted by Crippen LogP contribution is -2.48. The van der Waals surface area contributed by atoms with Gasteiger partial charge in [-0.15, -0.1) is 0 Å². The Morgan fingerprint density at radius 1 is 0.745 bits per heavy atom. The zero-order valence-electron chi connectivity index (χ0n) is 27.8. The van der Waals surface area contributed by atoms with Crippen LogP contribution >= 0.6 is 0 Å². The molecule has 7 rings (SSSR count). The molecular weight excluding hydrogens is 652 g/mol. The van der Waals surface area contributed by atoms with Gasteiger partial charge < -0.3 is 34.6 Å². The summed E-state index contributed by atoms with van der Waals surface area (Å²) < 4.78 is 17.3. The van der Waals surface area contributed by atoms with E-state index in [9.17, 15) is 34.8 Å². The van der Waals surface area contributed by atoms with Gasteiger partial charge in [0.25, 0.3) is 0 Å². The number of hydrogen-bond donors (Lipinski definition) is 4. The lowest BCUT2D eigenvalue weighted by atomic mass is 9.72. The van der Waals surface area contributed by atoms with Crippen LogP contribution in [0.4, 0.5) is 0 Å². The number of benzene rings is 5. The van der Waals surface area contributed by atoms with Crippen LogP contribution in [-0.2, 0) is 21.6 Å². The van der Waals surface area contributed by atoms with E-state index in [1.807, 2.05) is 72.8 Å². The smallest absolute Gasteiger partial charge is 0.202 e. The summed E-state index contributed by atoms with van der Waals surface area (Å²) in [6.07, 6.45) is -2.86. The maximum absolute atomic E-state index is 14.2. The summed E-state index contributed by atoms with van der Waals surface area (Å²) in [5.41, 5.74) is -3.14. The third-order valence-electron chi connectivity index (χ3n) is 9.89. The molecule has 4 N–H and O–H groups in total. The highest BCUT2D eigenvalue weighted by molar-refractivity contribution is 6.31. The number of carbonyl (C=O) groups excluding carboxylic acids is 3. The zero-order chi connectivity index (χ0) is 36.1. The molecule has 10 heteroatoms. The Hall–Kier alpha value is -5.81. The molecule has 0 saturated heterocycles. The molecule has 0 heterocycles. The molecule has 0 bridgehead atoms. The summed E-state index contributed by atoms with van der Waals surface area (Å²) in [4.78, 5) is 41.6. The van der Waals surface area contributed by atoms with E-state index in [0.29, 0.717) is 22.4 Å². The highest BCUT2D eigenvalue weighted by Gasteiger charge is 2.49. The Labute approximate surface area is 293 Å². The number of ketones is 3. The van der Waals surface area contributed by atoms with Crippen molar-refractivity contribution in [2.24, 2.45) is 0 Å². The van der Waals surface area contributed by atoms with Crippen LogP contribution in [0.5, 0.6) is 23.0 Å². The standard InChI is InChI=1S/C41H34O10/c1-49-26-18-16-25(17-19-26)41(23-10-5-3-6-11-23,24-12-7-4-8-13-24)51-22-31(43)40(48)20-28-32(29(42)21-40)38(46)35-34(37(28)45)36(44)27-14-9-15-30(50-2)33(27)39(35)47/h3-19,29,42,45-46,48H,20-22H2,1-2H3/t29-,40-/m0/s1. The molecule has 2 aliphatic rings. The quantitative estimate of drug-likeness (QED) is 0.118. The van der Waals surface area contributed by atoms with E-state index in [0.717, 1.165) is 0 Å². The van der Waals surface area contributed by atoms with Gasteiger partial charge in [0.05, 0.1) is 37.0 Å². The van der Waals surface area contributed by atoms with Gasteiger partial charge >= 0.3 is 0 Å². The SMILES string of the molecule is COc1ccc(C(OCC(=O)[C@]2(O)Cc3c(O)c4c(c(O)c3[C@@H](O)C2)C(=O)c2c(OC)cccc2C4=O)(c2ccccc2)c2ccccc2)cc1. The molecule has 5 aromatic rings. The number of aromatic hydroxyl groups is 2. The number of phenolic OH excluding ortho intramolecular Hbond substituents is 2. The number of rotatable bonds is 9. The van der Waals surface area contributed by atoms with Crippen molar-refractivity contribution in [2.45, 2.75) is 30.1 Å². The second-order valence-electron chi connectivity index (χ2n) is 12.7. The van der Waals surface area contributed by atoms with Crippen molar-refractivity contribution in [1.29, 1.82) is 0 Å². The average Bonchev–Trinajstić information content (AvgIpc) is 3.15. The fraction of sp³-hybridized carbons (Fsp3) is 0.195. The van der Waals surface area contributed by atoms with Crippen LogP contribution in [-0.4, -0.2) is 64.2 Å². The minimum absolute atomic E-state index is 0.0470. The van der Waals surface area contributed by atoms with Gasteiger partial charge in [-0.2, -0.15) is 0 Å². The second-order valence-corrected chi connectivity index (χ2v) is 12.7. The van der Waals surface area contributed by atoms with Crippen LogP contribution in [0.25, 0.3) is 0 Å². The summed E-state index contributed by atoms with van der Waals surface area (Å²) in [6, 6.07) is 30.2. The summed E-state index contributed by atoms with van der Waals surface area (Å²) >= 11 is 0. The van der Waals surface area contributed by atoms with E-state index in [1.54, 1.807) is 19.2 Å². The molecule has 51 heavy (non-hydrogen) atoms. The van der Waals surface area contributed by atoms with E-state index in [4.69, 9.17) is 14.2 Å². The van der Waals surface area contributed by atoms with Crippen LogP contribution in [0.15, 0.2) is 103 Å². The van der Waals surface area contributed by atoms with Gasteiger partial charge in [-0.1, -0.05) is 84.9 Å². The number of ether oxygens (including phenoxy) is 3. The fourth-order valence-corrected chi connectivity index (χ4v) is 7.39. The highest BCUT2D eigenvalue weighted by atomic mass is 16.5. The number of carbonyl (C=O) groups is 3. The molecule has 0 saturated carbocycles. The lowest BCUT2D eigenvalue weighted by molar-refractivity contribution is -0.150. The Balaban J connectivity index is 1.28. The van der Waals surface area contributed by atoms with Crippen molar-refractivity contribution < 1.29 is 49.0 Å². The summed E-state index contributed by atoms with van der Waals surface area (Å²) in [7, 11) is 2.89. The van der Waals surface area contributed by atoms with Gasteiger partial charge in [0, 0.05) is 29.5 Å². The average molecular weight is 687 g/mol. The van der Waals surface area contributed by atoms with E-state index < -0.39 is 76.7 Å². The fourth-order valence-electron chi connectivity index (χ4n) is 7.39. The molecule has 0 amide bonds. The molecule has 2 atom stereocenters. The minimum atomic E-state index is -2.30. The molecule has 0 fully saturated rings. The maximum Gasteiger partial charge on any atom is 0.202 e. The van der Waals surface area contributed by atoms with Gasteiger partial charge in [0.15, 0.2) is 11.6 Å². The first kappa shape index (κ1) is 33.7. The Kier molecular flexibility index (Phi) is 8.46. The zero-order valence-corrected chi connectivity index (χ0v) is 27.8. The van der Waals surface area contributed by atoms with Gasteiger partial charge in [0.2, 0.25) is 5.78 Å². The third-order valence-corrected chi connectivity index (χ3v) is 9.89.